The molecule has 1 aliphatic carbocycles. The van der Waals surface area contributed by atoms with E-state index in [-0.39, 0.29) is 22.8 Å². The van der Waals surface area contributed by atoms with E-state index in [1.54, 1.807) is 12.1 Å². The van der Waals surface area contributed by atoms with Crippen LogP contribution in [0.5, 0.6) is 5.75 Å². The Morgan fingerprint density at radius 2 is 1.94 bits per heavy atom. The van der Waals surface area contributed by atoms with E-state index in [1.807, 2.05) is 34.6 Å². The highest BCUT2D eigenvalue weighted by molar-refractivity contribution is 9.09. The molecule has 0 spiro atoms. The van der Waals surface area contributed by atoms with E-state index in [0.717, 1.165) is 0 Å². The van der Waals surface area contributed by atoms with Crippen LogP contribution in [-0.2, 0) is 25.7 Å². The van der Waals surface area contributed by atoms with Gasteiger partial charge in [-0.15, -0.1) is 0 Å². The number of benzene rings is 1. The highest BCUT2D eigenvalue weighted by atomic mass is 79.9. The Morgan fingerprint density at radius 1 is 1.22 bits per heavy atom. The van der Waals surface area contributed by atoms with Crippen LogP contribution in [0, 0.1) is 10.8 Å². The predicted octanol–water partition coefficient (Wildman–Crippen LogP) is 4.81. The van der Waals surface area contributed by atoms with Gasteiger partial charge in [0, 0.05) is 11.5 Å². The van der Waals surface area contributed by atoms with Crippen molar-refractivity contribution in [3.63, 3.8) is 0 Å². The third-order valence-electron chi connectivity index (χ3n) is 7.43. The molecule has 7 nitrogen and oxygen atoms in total. The van der Waals surface area contributed by atoms with Gasteiger partial charge in [-0.3, -0.25) is 9.59 Å². The summed E-state index contributed by atoms with van der Waals surface area (Å²) in [6.45, 7) is 9.48. The molecule has 1 aromatic heterocycles. The summed E-state index contributed by atoms with van der Waals surface area (Å²) in [7, 11) is 0. The zero-order valence-electron chi connectivity index (χ0n) is 18.9. The molecule has 2 bridgehead atoms. The first-order chi connectivity index (χ1) is 15.0. The van der Waals surface area contributed by atoms with E-state index in [0.29, 0.717) is 47.5 Å². The molecule has 1 unspecified atom stereocenters. The molecule has 1 aromatic carbocycles. The summed E-state index contributed by atoms with van der Waals surface area (Å²) < 4.78 is 23.1. The van der Waals surface area contributed by atoms with Gasteiger partial charge in [0.05, 0.1) is 27.8 Å². The number of ether oxygens (including phenoxy) is 3. The van der Waals surface area contributed by atoms with Crippen LogP contribution in [0.3, 0.4) is 0 Å². The maximum atomic E-state index is 13.3. The lowest BCUT2D eigenvalue weighted by molar-refractivity contribution is -0.184. The summed E-state index contributed by atoms with van der Waals surface area (Å²) in [5.41, 5.74) is -2.18. The largest absolute Gasteiger partial charge is 0.493 e. The van der Waals surface area contributed by atoms with Crippen LogP contribution in [-0.4, -0.2) is 24.1 Å². The van der Waals surface area contributed by atoms with Crippen molar-refractivity contribution in [2.75, 3.05) is 6.61 Å². The number of halogens is 1. The lowest BCUT2D eigenvalue weighted by Crippen LogP contribution is -2.48. The zero-order chi connectivity index (χ0) is 23.5. The highest BCUT2D eigenvalue weighted by Gasteiger charge is 2.76. The fourth-order valence-corrected chi connectivity index (χ4v) is 5.08. The van der Waals surface area contributed by atoms with E-state index in [1.165, 1.54) is 6.07 Å². The molecule has 8 heteroatoms. The minimum Gasteiger partial charge on any atom is -0.493 e. The maximum Gasteiger partial charge on any atom is 0.351 e. The summed E-state index contributed by atoms with van der Waals surface area (Å²) in [6.07, 6.45) is 0.975. The lowest BCUT2D eigenvalue weighted by atomic mass is 9.66. The SMILES string of the molecule is CCOc1ccc2c(=O)cc(C(C)Br)oc2c1COC(=O)[C@@]12CC[C@@](C)(C(=O)O1)C2(C)C. The molecule has 0 radical (unpaired) electrons. The van der Waals surface area contributed by atoms with Crippen LogP contribution in [0.4, 0.5) is 0 Å². The molecule has 1 saturated heterocycles. The highest BCUT2D eigenvalue weighted by Crippen LogP contribution is 2.65. The van der Waals surface area contributed by atoms with Crippen LogP contribution in [0.15, 0.2) is 27.4 Å². The quantitative estimate of drug-likeness (QED) is 0.409. The minimum absolute atomic E-state index is 0.180. The van der Waals surface area contributed by atoms with Crippen molar-refractivity contribution in [2.24, 2.45) is 10.8 Å². The Balaban J connectivity index is 1.73. The number of rotatable bonds is 6. The molecular weight excluding hydrogens is 480 g/mol. The second-order valence-corrected chi connectivity index (χ2v) is 10.6. The average Bonchev–Trinajstić information content (AvgIpc) is 3.03. The van der Waals surface area contributed by atoms with Gasteiger partial charge in [0.1, 0.15) is 23.7 Å². The van der Waals surface area contributed by atoms with Crippen molar-refractivity contribution in [1.29, 1.82) is 0 Å². The molecular formula is C24H27BrO7. The fraction of sp³-hybridized carbons (Fsp3) is 0.542. The maximum absolute atomic E-state index is 13.3. The van der Waals surface area contributed by atoms with Gasteiger partial charge in [0.25, 0.3) is 0 Å². The number of hydrogen-bond donors (Lipinski definition) is 0. The van der Waals surface area contributed by atoms with Crippen molar-refractivity contribution in [3.8, 4) is 5.75 Å². The van der Waals surface area contributed by atoms with Crippen LogP contribution >= 0.6 is 15.9 Å². The van der Waals surface area contributed by atoms with E-state index >= 15 is 0 Å². The van der Waals surface area contributed by atoms with Gasteiger partial charge in [0.2, 0.25) is 5.60 Å². The first-order valence-corrected chi connectivity index (χ1v) is 11.7. The summed E-state index contributed by atoms with van der Waals surface area (Å²) >= 11 is 3.43. The van der Waals surface area contributed by atoms with Gasteiger partial charge in [-0.2, -0.15) is 0 Å². The Kier molecular flexibility index (Phi) is 5.43. The second kappa shape index (κ2) is 7.61. The summed E-state index contributed by atoms with van der Waals surface area (Å²) in [5.74, 6) is -0.0387. The van der Waals surface area contributed by atoms with E-state index < -0.39 is 22.4 Å². The Hall–Kier alpha value is -2.35. The molecule has 2 heterocycles. The molecule has 2 fully saturated rings. The van der Waals surface area contributed by atoms with E-state index in [4.69, 9.17) is 18.6 Å². The second-order valence-electron chi connectivity index (χ2n) is 9.23. The summed E-state index contributed by atoms with van der Waals surface area (Å²) in [5, 5.41) is 0.371. The molecule has 0 N–H and O–H groups in total. The topological polar surface area (TPSA) is 92.0 Å². The zero-order valence-corrected chi connectivity index (χ0v) is 20.5. The van der Waals surface area contributed by atoms with Crippen molar-refractivity contribution in [1.82, 2.24) is 0 Å². The van der Waals surface area contributed by atoms with Gasteiger partial charge in [0.15, 0.2) is 5.43 Å². The van der Waals surface area contributed by atoms with Gasteiger partial charge in [-0.05, 0) is 45.7 Å². The molecule has 1 saturated carbocycles. The van der Waals surface area contributed by atoms with Gasteiger partial charge < -0.3 is 18.6 Å². The molecule has 0 amide bonds. The van der Waals surface area contributed by atoms with Gasteiger partial charge >= 0.3 is 11.9 Å². The fourth-order valence-electron chi connectivity index (χ4n) is 4.85. The molecule has 3 atom stereocenters. The average molecular weight is 507 g/mol. The number of carbonyl (C=O) groups excluding carboxylic acids is 2. The van der Waals surface area contributed by atoms with Crippen molar-refractivity contribution < 1.29 is 28.2 Å². The van der Waals surface area contributed by atoms with E-state index in [2.05, 4.69) is 15.9 Å². The number of hydrogen-bond acceptors (Lipinski definition) is 7. The molecule has 172 valence electrons. The minimum atomic E-state index is -1.33. The van der Waals surface area contributed by atoms with Crippen LogP contribution in [0.1, 0.15) is 63.6 Å². The molecule has 2 aliphatic rings. The van der Waals surface area contributed by atoms with Crippen molar-refractivity contribution in [3.05, 3.63) is 39.7 Å². The number of fused-ring (bicyclic) bond motifs is 3. The molecule has 32 heavy (non-hydrogen) atoms. The van der Waals surface area contributed by atoms with Gasteiger partial charge in [-0.25, -0.2) is 4.79 Å². The molecule has 4 rings (SSSR count). The Morgan fingerprint density at radius 3 is 2.50 bits per heavy atom. The summed E-state index contributed by atoms with van der Waals surface area (Å²) in [4.78, 5) is 38.3. The van der Waals surface area contributed by atoms with E-state index in [9.17, 15) is 14.4 Å². The first-order valence-electron chi connectivity index (χ1n) is 10.8. The molecule has 1 aliphatic heterocycles. The third kappa shape index (κ3) is 3.02. The van der Waals surface area contributed by atoms with Crippen molar-refractivity contribution in [2.45, 2.75) is 64.5 Å². The number of alkyl halides is 1. The number of esters is 2. The smallest absolute Gasteiger partial charge is 0.351 e. The lowest BCUT2D eigenvalue weighted by Gasteiger charge is -2.34. The Bertz CT molecular complexity index is 1160. The van der Waals surface area contributed by atoms with Gasteiger partial charge in [-0.1, -0.05) is 29.8 Å². The normalized spacial score (nSPS) is 26.8. The Labute approximate surface area is 194 Å². The standard InChI is InChI=1S/C24H27BrO7/c1-6-29-17-8-7-14-16(26)11-18(13(2)25)31-19(14)15(17)12-30-21(28)24-10-9-23(5,20(27)32-24)22(24,3)4/h7-8,11,13H,6,9-10,12H2,1-5H3/t13?,23-,24+/m0/s1. The van der Waals surface area contributed by atoms with Crippen LogP contribution < -0.4 is 10.2 Å². The third-order valence-corrected chi connectivity index (χ3v) is 7.88. The predicted molar refractivity (Wildman–Crippen MR) is 121 cm³/mol. The van der Waals surface area contributed by atoms with Crippen LogP contribution in [0.2, 0.25) is 0 Å². The first kappa shape index (κ1) is 22.8. The summed E-state index contributed by atoms with van der Waals surface area (Å²) in [6, 6.07) is 4.76. The van der Waals surface area contributed by atoms with Crippen LogP contribution in [0.25, 0.3) is 11.0 Å². The number of carbonyl (C=O) groups is 2. The monoisotopic (exact) mass is 506 g/mol. The molecule has 2 aromatic rings. The van der Waals surface area contributed by atoms with Crippen molar-refractivity contribution >= 4 is 38.8 Å².